The highest BCUT2D eigenvalue weighted by molar-refractivity contribution is 5.33. The molecule has 20 heavy (non-hydrogen) atoms. The average molecular weight is 279 g/mol. The minimum atomic E-state index is -0.473. The molecule has 0 aromatic carbocycles. The fraction of sp³-hybridized carbons (Fsp3) is 0.692. The normalized spacial score (nSPS) is 18.8. The van der Waals surface area contributed by atoms with Gasteiger partial charge in [0.05, 0.1) is 4.92 Å². The molecule has 1 aromatic rings. The Kier molecular flexibility index (Phi) is 5.23. The molecule has 1 aromatic heterocycles. The van der Waals surface area contributed by atoms with Gasteiger partial charge in [0.25, 0.3) is 0 Å². The Morgan fingerprint density at radius 2 is 2.25 bits per heavy atom. The SMILES string of the molecule is CCCN(CC1CCCNC1)c1ncc([N+](=O)[O-])cn1. The third-order valence-corrected chi connectivity index (χ3v) is 3.49. The molecule has 2 rings (SSSR count). The van der Waals surface area contributed by atoms with Crippen LogP contribution in [0.5, 0.6) is 0 Å². The van der Waals surface area contributed by atoms with Gasteiger partial charge in [0.2, 0.25) is 5.95 Å². The van der Waals surface area contributed by atoms with Crippen molar-refractivity contribution in [1.82, 2.24) is 15.3 Å². The summed E-state index contributed by atoms with van der Waals surface area (Å²) in [5, 5.41) is 14.0. The van der Waals surface area contributed by atoms with E-state index in [4.69, 9.17) is 0 Å². The van der Waals surface area contributed by atoms with E-state index in [0.717, 1.165) is 32.6 Å². The number of nitrogens with one attached hydrogen (secondary N) is 1. The Morgan fingerprint density at radius 1 is 1.50 bits per heavy atom. The molecule has 2 heterocycles. The van der Waals surface area contributed by atoms with Crippen molar-refractivity contribution in [2.75, 3.05) is 31.1 Å². The van der Waals surface area contributed by atoms with E-state index >= 15 is 0 Å². The second-order valence-electron chi connectivity index (χ2n) is 5.16. The standard InChI is InChI=1S/C13H21N5O2/c1-2-6-17(10-11-4-3-5-14-7-11)13-15-8-12(9-16-13)18(19)20/h8-9,11,14H,2-7,10H2,1H3. The van der Waals surface area contributed by atoms with Crippen molar-refractivity contribution < 1.29 is 4.92 Å². The molecular weight excluding hydrogens is 258 g/mol. The predicted octanol–water partition coefficient (Wildman–Crippen LogP) is 1.60. The highest BCUT2D eigenvalue weighted by Crippen LogP contribution is 2.17. The predicted molar refractivity (Wildman–Crippen MR) is 76.8 cm³/mol. The monoisotopic (exact) mass is 279 g/mol. The number of nitrogens with zero attached hydrogens (tertiary/aromatic N) is 4. The zero-order valence-corrected chi connectivity index (χ0v) is 11.8. The van der Waals surface area contributed by atoms with E-state index in [-0.39, 0.29) is 5.69 Å². The van der Waals surface area contributed by atoms with E-state index in [1.165, 1.54) is 25.2 Å². The summed E-state index contributed by atoms with van der Waals surface area (Å²) in [5.41, 5.74) is -0.0652. The minimum Gasteiger partial charge on any atom is -0.341 e. The van der Waals surface area contributed by atoms with Crippen molar-refractivity contribution in [2.24, 2.45) is 5.92 Å². The largest absolute Gasteiger partial charge is 0.341 e. The molecule has 0 aliphatic carbocycles. The van der Waals surface area contributed by atoms with Gasteiger partial charge in [-0.1, -0.05) is 6.92 Å². The molecule has 0 radical (unpaired) electrons. The molecular formula is C13H21N5O2. The molecule has 7 heteroatoms. The molecule has 0 amide bonds. The molecule has 1 N–H and O–H groups in total. The van der Waals surface area contributed by atoms with Gasteiger partial charge >= 0.3 is 5.69 Å². The van der Waals surface area contributed by atoms with Gasteiger partial charge in [0, 0.05) is 13.1 Å². The summed E-state index contributed by atoms with van der Waals surface area (Å²) in [7, 11) is 0. The van der Waals surface area contributed by atoms with E-state index in [1.807, 2.05) is 0 Å². The molecule has 7 nitrogen and oxygen atoms in total. The van der Waals surface area contributed by atoms with Gasteiger partial charge < -0.3 is 10.2 Å². The van der Waals surface area contributed by atoms with Crippen molar-refractivity contribution in [2.45, 2.75) is 26.2 Å². The first-order valence-electron chi connectivity index (χ1n) is 7.12. The zero-order chi connectivity index (χ0) is 14.4. The van der Waals surface area contributed by atoms with Crippen LogP contribution in [0.3, 0.4) is 0 Å². The van der Waals surface area contributed by atoms with Crippen molar-refractivity contribution in [3.8, 4) is 0 Å². The van der Waals surface area contributed by atoms with Crippen LogP contribution in [-0.2, 0) is 0 Å². The van der Waals surface area contributed by atoms with Crippen molar-refractivity contribution in [1.29, 1.82) is 0 Å². The molecule has 1 aliphatic rings. The molecule has 110 valence electrons. The molecule has 1 atom stereocenters. The van der Waals surface area contributed by atoms with E-state index in [0.29, 0.717) is 11.9 Å². The number of aromatic nitrogens is 2. The topological polar surface area (TPSA) is 84.2 Å². The van der Waals surface area contributed by atoms with E-state index < -0.39 is 4.92 Å². The Hall–Kier alpha value is -1.76. The highest BCUT2D eigenvalue weighted by Gasteiger charge is 2.19. The molecule has 1 unspecified atom stereocenters. The van der Waals surface area contributed by atoms with Gasteiger partial charge in [-0.3, -0.25) is 10.1 Å². The van der Waals surface area contributed by atoms with Crippen molar-refractivity contribution >= 4 is 11.6 Å². The second kappa shape index (κ2) is 7.14. The number of hydrogen-bond acceptors (Lipinski definition) is 6. The zero-order valence-electron chi connectivity index (χ0n) is 11.8. The number of anilines is 1. The maximum Gasteiger partial charge on any atom is 0.305 e. The quantitative estimate of drug-likeness (QED) is 0.629. The summed E-state index contributed by atoms with van der Waals surface area (Å²) in [5.74, 6) is 1.18. The van der Waals surface area contributed by atoms with Crippen LogP contribution < -0.4 is 10.2 Å². The van der Waals surface area contributed by atoms with Crippen LogP contribution >= 0.6 is 0 Å². The van der Waals surface area contributed by atoms with Crippen LogP contribution in [0.2, 0.25) is 0 Å². The lowest BCUT2D eigenvalue weighted by molar-refractivity contribution is -0.385. The maximum absolute atomic E-state index is 10.6. The third-order valence-electron chi connectivity index (χ3n) is 3.49. The summed E-state index contributed by atoms with van der Waals surface area (Å²) in [6, 6.07) is 0. The van der Waals surface area contributed by atoms with E-state index in [1.54, 1.807) is 0 Å². The molecule has 1 saturated heterocycles. The van der Waals surface area contributed by atoms with Gasteiger partial charge in [-0.2, -0.15) is 0 Å². The lowest BCUT2D eigenvalue weighted by atomic mass is 9.99. The summed E-state index contributed by atoms with van der Waals surface area (Å²) in [6.07, 6.45) is 5.97. The molecule has 0 saturated carbocycles. The van der Waals surface area contributed by atoms with Gasteiger partial charge in [0.15, 0.2) is 0 Å². The maximum atomic E-state index is 10.6. The van der Waals surface area contributed by atoms with Gasteiger partial charge in [-0.05, 0) is 38.3 Å². The molecule has 1 fully saturated rings. The van der Waals surface area contributed by atoms with E-state index in [9.17, 15) is 10.1 Å². The molecule has 0 bridgehead atoms. The second-order valence-corrected chi connectivity index (χ2v) is 5.16. The van der Waals surface area contributed by atoms with Gasteiger partial charge in [-0.25, -0.2) is 9.97 Å². The van der Waals surface area contributed by atoms with Crippen LogP contribution in [0.15, 0.2) is 12.4 Å². The summed E-state index contributed by atoms with van der Waals surface area (Å²) in [4.78, 5) is 20.6. The fourth-order valence-corrected chi connectivity index (χ4v) is 2.51. The molecule has 0 spiro atoms. The summed E-state index contributed by atoms with van der Waals surface area (Å²) < 4.78 is 0. The minimum absolute atomic E-state index is 0.0652. The number of nitro groups is 1. The van der Waals surface area contributed by atoms with Crippen molar-refractivity contribution in [3.63, 3.8) is 0 Å². The van der Waals surface area contributed by atoms with Gasteiger partial charge in [0.1, 0.15) is 12.4 Å². The van der Waals surface area contributed by atoms with Crippen LogP contribution in [0.4, 0.5) is 11.6 Å². The number of piperidine rings is 1. The fourth-order valence-electron chi connectivity index (χ4n) is 2.51. The Bertz CT molecular complexity index is 431. The van der Waals surface area contributed by atoms with Crippen LogP contribution in [-0.4, -0.2) is 41.1 Å². The van der Waals surface area contributed by atoms with Crippen LogP contribution in [0, 0.1) is 16.0 Å². The number of rotatable bonds is 6. The first kappa shape index (κ1) is 14.6. The summed E-state index contributed by atoms with van der Waals surface area (Å²) in [6.45, 7) is 6.00. The lowest BCUT2D eigenvalue weighted by Crippen LogP contribution is -2.39. The lowest BCUT2D eigenvalue weighted by Gasteiger charge is -2.29. The Labute approximate surface area is 118 Å². The average Bonchev–Trinajstić information content (AvgIpc) is 2.48. The van der Waals surface area contributed by atoms with E-state index in [2.05, 4.69) is 27.1 Å². The first-order chi connectivity index (χ1) is 9.70. The molecule has 1 aliphatic heterocycles. The van der Waals surface area contributed by atoms with Crippen molar-refractivity contribution in [3.05, 3.63) is 22.5 Å². The first-order valence-corrected chi connectivity index (χ1v) is 7.12. The highest BCUT2D eigenvalue weighted by atomic mass is 16.6. The Balaban J connectivity index is 2.04. The smallest absolute Gasteiger partial charge is 0.305 e. The van der Waals surface area contributed by atoms with Crippen LogP contribution in [0.25, 0.3) is 0 Å². The summed E-state index contributed by atoms with van der Waals surface area (Å²) >= 11 is 0. The van der Waals surface area contributed by atoms with Gasteiger partial charge in [-0.15, -0.1) is 0 Å². The van der Waals surface area contributed by atoms with Crippen LogP contribution in [0.1, 0.15) is 26.2 Å². The number of hydrogen-bond donors (Lipinski definition) is 1. The Morgan fingerprint density at radius 3 is 2.80 bits per heavy atom. The third kappa shape index (κ3) is 3.86.